The first-order valence-corrected chi connectivity index (χ1v) is 6.59. The van der Waals surface area contributed by atoms with Gasteiger partial charge in [-0.2, -0.15) is 0 Å². The Bertz CT molecular complexity index is 228. The van der Waals surface area contributed by atoms with E-state index in [-0.39, 0.29) is 11.3 Å². The van der Waals surface area contributed by atoms with Crippen molar-refractivity contribution in [3.63, 3.8) is 0 Å². The lowest BCUT2D eigenvalue weighted by molar-refractivity contribution is -0.144. The summed E-state index contributed by atoms with van der Waals surface area (Å²) in [5, 5.41) is 0. The molecule has 3 nitrogen and oxygen atoms in total. The highest BCUT2D eigenvalue weighted by Crippen LogP contribution is 2.29. The number of nitrogens with two attached hydrogens (primary N) is 1. The quantitative estimate of drug-likeness (QED) is 0.797. The molecule has 1 aliphatic rings. The van der Waals surface area contributed by atoms with Crippen LogP contribution in [0, 0.1) is 11.3 Å². The molecule has 0 aromatic rings. The van der Waals surface area contributed by atoms with Crippen molar-refractivity contribution in [3.05, 3.63) is 0 Å². The van der Waals surface area contributed by atoms with Gasteiger partial charge in [-0.1, -0.05) is 20.8 Å². The Hall–Kier alpha value is -0.570. The molecule has 1 fully saturated rings. The molecular weight excluding hydrogens is 200 g/mol. The largest absolute Gasteiger partial charge is 0.342 e. The third kappa shape index (κ3) is 2.57. The second-order valence-electron chi connectivity index (χ2n) is 5.19. The lowest BCUT2D eigenvalue weighted by Gasteiger charge is -2.38. The van der Waals surface area contributed by atoms with Crippen LogP contribution in [-0.4, -0.2) is 30.4 Å². The van der Waals surface area contributed by atoms with Crippen LogP contribution in [-0.2, 0) is 4.79 Å². The van der Waals surface area contributed by atoms with Gasteiger partial charge in [-0.15, -0.1) is 0 Å². The van der Waals surface area contributed by atoms with Crippen molar-refractivity contribution in [2.45, 2.75) is 46.5 Å². The van der Waals surface area contributed by atoms with Gasteiger partial charge in [0.1, 0.15) is 0 Å². The smallest absolute Gasteiger partial charge is 0.230 e. The number of amides is 1. The number of carbonyl (C=O) groups is 1. The molecule has 1 aliphatic heterocycles. The first-order valence-electron chi connectivity index (χ1n) is 6.59. The predicted molar refractivity (Wildman–Crippen MR) is 67.0 cm³/mol. The minimum absolute atomic E-state index is 0.284. The highest BCUT2D eigenvalue weighted by molar-refractivity contribution is 5.83. The second-order valence-corrected chi connectivity index (χ2v) is 5.19. The van der Waals surface area contributed by atoms with E-state index in [2.05, 4.69) is 20.8 Å². The molecule has 1 unspecified atom stereocenters. The van der Waals surface area contributed by atoms with Crippen LogP contribution in [0.1, 0.15) is 46.5 Å². The Morgan fingerprint density at radius 2 is 2.06 bits per heavy atom. The molecule has 0 aromatic carbocycles. The minimum atomic E-state index is -0.308. The number of piperidine rings is 1. The summed E-state index contributed by atoms with van der Waals surface area (Å²) < 4.78 is 0. The Balaban J connectivity index is 2.74. The Kier molecular flexibility index (Phi) is 4.78. The maximum atomic E-state index is 12.5. The van der Waals surface area contributed by atoms with Gasteiger partial charge in [0.05, 0.1) is 5.41 Å². The average molecular weight is 226 g/mol. The van der Waals surface area contributed by atoms with Crippen LogP contribution in [0.3, 0.4) is 0 Å². The number of nitrogens with zero attached hydrogens (tertiary/aromatic N) is 1. The standard InChI is InChI=1S/C13H26N2O/c1-4-13(5-2,10-14)12(16)15-8-6-7-11(3)9-15/h11H,4-10,14H2,1-3H3. The summed E-state index contributed by atoms with van der Waals surface area (Å²) in [5.74, 6) is 0.924. The molecule has 1 heterocycles. The Morgan fingerprint density at radius 3 is 2.50 bits per heavy atom. The van der Waals surface area contributed by atoms with Gasteiger partial charge >= 0.3 is 0 Å². The lowest BCUT2D eigenvalue weighted by atomic mass is 9.80. The van der Waals surface area contributed by atoms with Crippen molar-refractivity contribution < 1.29 is 4.79 Å². The first kappa shape index (κ1) is 13.5. The van der Waals surface area contributed by atoms with Crippen molar-refractivity contribution in [1.29, 1.82) is 0 Å². The number of hydrogen-bond acceptors (Lipinski definition) is 2. The van der Waals surface area contributed by atoms with Crippen LogP contribution in [0.15, 0.2) is 0 Å². The molecule has 3 heteroatoms. The van der Waals surface area contributed by atoms with Crippen LogP contribution >= 0.6 is 0 Å². The van der Waals surface area contributed by atoms with E-state index in [1.807, 2.05) is 4.90 Å². The van der Waals surface area contributed by atoms with Crippen molar-refractivity contribution in [2.24, 2.45) is 17.1 Å². The SMILES string of the molecule is CCC(CC)(CN)C(=O)N1CCCC(C)C1. The van der Waals surface area contributed by atoms with Gasteiger partial charge in [0.2, 0.25) is 5.91 Å². The molecule has 0 aliphatic carbocycles. The zero-order valence-electron chi connectivity index (χ0n) is 11.0. The summed E-state index contributed by atoms with van der Waals surface area (Å²) in [6.45, 7) is 8.68. The zero-order chi connectivity index (χ0) is 12.2. The van der Waals surface area contributed by atoms with Crippen molar-refractivity contribution in [1.82, 2.24) is 4.90 Å². The van der Waals surface area contributed by atoms with Gasteiger partial charge in [0.15, 0.2) is 0 Å². The molecule has 1 atom stereocenters. The lowest BCUT2D eigenvalue weighted by Crippen LogP contribution is -2.50. The predicted octanol–water partition coefficient (Wildman–Crippen LogP) is 2.01. The van der Waals surface area contributed by atoms with Gasteiger partial charge in [0, 0.05) is 19.6 Å². The highest BCUT2D eigenvalue weighted by Gasteiger charge is 2.37. The van der Waals surface area contributed by atoms with E-state index in [4.69, 9.17) is 5.73 Å². The van der Waals surface area contributed by atoms with Crippen molar-refractivity contribution >= 4 is 5.91 Å². The summed E-state index contributed by atoms with van der Waals surface area (Å²) >= 11 is 0. The van der Waals surface area contributed by atoms with E-state index in [0.29, 0.717) is 12.5 Å². The maximum Gasteiger partial charge on any atom is 0.230 e. The summed E-state index contributed by atoms with van der Waals surface area (Å²) in [7, 11) is 0. The number of rotatable bonds is 4. The fourth-order valence-electron chi connectivity index (χ4n) is 2.64. The molecule has 0 bridgehead atoms. The monoisotopic (exact) mass is 226 g/mol. The minimum Gasteiger partial charge on any atom is -0.342 e. The number of hydrogen-bond donors (Lipinski definition) is 1. The summed E-state index contributed by atoms with van der Waals surface area (Å²) in [6, 6.07) is 0. The highest BCUT2D eigenvalue weighted by atomic mass is 16.2. The zero-order valence-corrected chi connectivity index (χ0v) is 11.0. The molecule has 1 saturated heterocycles. The summed E-state index contributed by atoms with van der Waals surface area (Å²) in [6.07, 6.45) is 4.09. The van der Waals surface area contributed by atoms with Crippen LogP contribution < -0.4 is 5.73 Å². The van der Waals surface area contributed by atoms with E-state index >= 15 is 0 Å². The van der Waals surface area contributed by atoms with Crippen LogP contribution in [0.5, 0.6) is 0 Å². The second kappa shape index (κ2) is 5.67. The molecule has 0 spiro atoms. The molecule has 2 N–H and O–H groups in total. The molecule has 1 rings (SSSR count). The Labute approximate surface area is 99.4 Å². The van der Waals surface area contributed by atoms with E-state index in [0.717, 1.165) is 32.4 Å². The van der Waals surface area contributed by atoms with Crippen LogP contribution in [0.25, 0.3) is 0 Å². The van der Waals surface area contributed by atoms with Gasteiger partial charge < -0.3 is 10.6 Å². The topological polar surface area (TPSA) is 46.3 Å². The Morgan fingerprint density at radius 1 is 1.44 bits per heavy atom. The molecular formula is C13H26N2O. The normalized spacial score (nSPS) is 22.2. The van der Waals surface area contributed by atoms with Crippen molar-refractivity contribution in [3.8, 4) is 0 Å². The maximum absolute atomic E-state index is 12.5. The van der Waals surface area contributed by atoms with E-state index in [1.165, 1.54) is 6.42 Å². The van der Waals surface area contributed by atoms with Crippen LogP contribution in [0.2, 0.25) is 0 Å². The van der Waals surface area contributed by atoms with Crippen LogP contribution in [0.4, 0.5) is 0 Å². The van der Waals surface area contributed by atoms with E-state index < -0.39 is 0 Å². The van der Waals surface area contributed by atoms with E-state index in [9.17, 15) is 4.79 Å². The molecule has 0 radical (unpaired) electrons. The molecule has 94 valence electrons. The fraction of sp³-hybridized carbons (Fsp3) is 0.923. The third-order valence-electron chi connectivity index (χ3n) is 4.14. The molecule has 0 aromatic heterocycles. The van der Waals surface area contributed by atoms with Crippen molar-refractivity contribution in [2.75, 3.05) is 19.6 Å². The molecule has 1 amide bonds. The van der Waals surface area contributed by atoms with Gasteiger partial charge in [-0.25, -0.2) is 0 Å². The first-order chi connectivity index (χ1) is 7.59. The molecule has 0 saturated carbocycles. The number of likely N-dealkylation sites (tertiary alicyclic amines) is 1. The average Bonchev–Trinajstić information content (AvgIpc) is 2.32. The fourth-order valence-corrected chi connectivity index (χ4v) is 2.64. The third-order valence-corrected chi connectivity index (χ3v) is 4.14. The van der Waals surface area contributed by atoms with E-state index in [1.54, 1.807) is 0 Å². The summed E-state index contributed by atoms with van der Waals surface area (Å²) in [5.41, 5.74) is 5.52. The number of carbonyl (C=O) groups excluding carboxylic acids is 1. The van der Waals surface area contributed by atoms with Gasteiger partial charge in [-0.3, -0.25) is 4.79 Å². The van der Waals surface area contributed by atoms with Gasteiger partial charge in [-0.05, 0) is 31.6 Å². The van der Waals surface area contributed by atoms with Gasteiger partial charge in [0.25, 0.3) is 0 Å². The summed E-state index contributed by atoms with van der Waals surface area (Å²) in [4.78, 5) is 14.5. The molecule has 16 heavy (non-hydrogen) atoms.